The molecule has 1 aliphatic rings. The zero-order valence-corrected chi connectivity index (χ0v) is 11.5. The summed E-state index contributed by atoms with van der Waals surface area (Å²) in [4.78, 5) is 8.97. The number of nitrogens with one attached hydrogen (secondary N) is 1. The van der Waals surface area contributed by atoms with Gasteiger partial charge < -0.3 is 5.73 Å². The third-order valence-electron chi connectivity index (χ3n) is 3.33. The maximum atomic E-state index is 13.8. The highest BCUT2D eigenvalue weighted by atomic mass is 32.2. The van der Waals surface area contributed by atoms with E-state index in [1.807, 2.05) is 6.92 Å². The second kappa shape index (κ2) is 4.67. The number of nitro groups is 1. The summed E-state index contributed by atoms with van der Waals surface area (Å²) in [5.41, 5.74) is 4.27. The van der Waals surface area contributed by atoms with Gasteiger partial charge in [0.05, 0.1) is 16.7 Å². The van der Waals surface area contributed by atoms with Crippen molar-refractivity contribution in [2.75, 3.05) is 12.3 Å². The molecule has 0 spiro atoms. The van der Waals surface area contributed by atoms with Gasteiger partial charge in [0.1, 0.15) is 4.90 Å². The van der Waals surface area contributed by atoms with Crippen LogP contribution in [-0.2, 0) is 10.0 Å². The lowest BCUT2D eigenvalue weighted by atomic mass is 10.2. The van der Waals surface area contributed by atoms with E-state index in [4.69, 9.17) is 5.73 Å². The third kappa shape index (κ3) is 2.88. The van der Waals surface area contributed by atoms with Gasteiger partial charge in [-0.15, -0.1) is 0 Å². The number of benzene rings is 1. The average Bonchev–Trinajstić information content (AvgIpc) is 3.04. The lowest BCUT2D eigenvalue weighted by molar-refractivity contribution is -0.385. The van der Waals surface area contributed by atoms with E-state index < -0.39 is 37.0 Å². The van der Waals surface area contributed by atoms with Crippen LogP contribution in [0.2, 0.25) is 0 Å². The highest BCUT2D eigenvalue weighted by molar-refractivity contribution is 7.89. The number of nitrogen functional groups attached to an aromatic ring is 1. The Morgan fingerprint density at radius 1 is 1.50 bits per heavy atom. The minimum absolute atomic E-state index is 0.0981. The molecule has 1 aliphatic carbocycles. The van der Waals surface area contributed by atoms with E-state index >= 15 is 0 Å². The van der Waals surface area contributed by atoms with Crippen molar-refractivity contribution in [3.8, 4) is 0 Å². The van der Waals surface area contributed by atoms with E-state index in [0.29, 0.717) is 6.07 Å². The van der Waals surface area contributed by atoms with Crippen LogP contribution in [0.4, 0.5) is 15.8 Å². The van der Waals surface area contributed by atoms with Gasteiger partial charge in [-0.1, -0.05) is 6.92 Å². The number of hydrogen-bond donors (Lipinski definition) is 2. The van der Waals surface area contributed by atoms with Crippen molar-refractivity contribution in [3.05, 3.63) is 28.1 Å². The van der Waals surface area contributed by atoms with Crippen molar-refractivity contribution in [2.45, 2.75) is 24.7 Å². The average molecular weight is 303 g/mol. The molecule has 9 heteroatoms. The number of nitrogens with zero attached hydrogens (tertiary/aromatic N) is 1. The monoisotopic (exact) mass is 303 g/mol. The normalized spacial score (nSPS) is 16.9. The Hall–Kier alpha value is -1.74. The van der Waals surface area contributed by atoms with Gasteiger partial charge in [0.15, 0.2) is 5.82 Å². The quantitative estimate of drug-likeness (QED) is 0.484. The van der Waals surface area contributed by atoms with Crippen LogP contribution in [-0.4, -0.2) is 19.9 Å². The van der Waals surface area contributed by atoms with Crippen LogP contribution in [0.5, 0.6) is 0 Å². The van der Waals surface area contributed by atoms with Crippen LogP contribution in [0, 0.1) is 21.3 Å². The van der Waals surface area contributed by atoms with Crippen LogP contribution in [0.25, 0.3) is 0 Å². The molecule has 20 heavy (non-hydrogen) atoms. The van der Waals surface area contributed by atoms with Crippen LogP contribution >= 0.6 is 0 Å². The van der Waals surface area contributed by atoms with Crippen LogP contribution in [0.3, 0.4) is 0 Å². The van der Waals surface area contributed by atoms with Gasteiger partial charge in [-0.25, -0.2) is 17.5 Å². The minimum Gasteiger partial charge on any atom is -0.397 e. The molecule has 0 unspecified atom stereocenters. The number of sulfonamides is 1. The number of halogens is 1. The fourth-order valence-electron chi connectivity index (χ4n) is 1.72. The smallest absolute Gasteiger partial charge is 0.274 e. The molecular weight excluding hydrogens is 289 g/mol. The summed E-state index contributed by atoms with van der Waals surface area (Å²) in [6.45, 7) is 2.09. The number of anilines is 1. The van der Waals surface area contributed by atoms with Gasteiger partial charge in [0.25, 0.3) is 5.69 Å². The number of hydrogen-bond acceptors (Lipinski definition) is 5. The Labute approximate surface area is 115 Å². The second-order valence-electron chi connectivity index (χ2n) is 5.24. The number of nitrogens with two attached hydrogens (primary N) is 1. The molecule has 0 radical (unpaired) electrons. The molecular formula is C11H14FN3O4S. The summed E-state index contributed by atoms with van der Waals surface area (Å²) in [5.74, 6) is -1.23. The van der Waals surface area contributed by atoms with Crippen molar-refractivity contribution in [3.63, 3.8) is 0 Å². The maximum absolute atomic E-state index is 13.8. The summed E-state index contributed by atoms with van der Waals surface area (Å²) < 4.78 is 40.1. The minimum atomic E-state index is -4.13. The molecule has 0 saturated heterocycles. The summed E-state index contributed by atoms with van der Waals surface area (Å²) >= 11 is 0. The molecule has 110 valence electrons. The first kappa shape index (κ1) is 14.7. The van der Waals surface area contributed by atoms with Crippen molar-refractivity contribution in [1.82, 2.24) is 4.72 Å². The van der Waals surface area contributed by atoms with E-state index in [2.05, 4.69) is 4.72 Å². The highest BCUT2D eigenvalue weighted by Crippen LogP contribution is 2.44. The molecule has 1 saturated carbocycles. The van der Waals surface area contributed by atoms with Crippen LogP contribution in [0.15, 0.2) is 17.0 Å². The van der Waals surface area contributed by atoms with Gasteiger partial charge >= 0.3 is 0 Å². The molecule has 0 atom stereocenters. The van der Waals surface area contributed by atoms with Gasteiger partial charge in [-0.05, 0) is 18.3 Å². The molecule has 3 N–H and O–H groups in total. The Morgan fingerprint density at radius 3 is 2.55 bits per heavy atom. The lowest BCUT2D eigenvalue weighted by Crippen LogP contribution is -2.30. The van der Waals surface area contributed by atoms with Gasteiger partial charge in [0.2, 0.25) is 10.0 Å². The molecule has 0 bridgehead atoms. The third-order valence-corrected chi connectivity index (χ3v) is 4.82. The van der Waals surface area contributed by atoms with Crippen LogP contribution < -0.4 is 10.5 Å². The zero-order chi connectivity index (χ0) is 15.1. The molecule has 1 fully saturated rings. The highest BCUT2D eigenvalue weighted by Gasteiger charge is 2.38. The van der Waals surface area contributed by atoms with E-state index in [-0.39, 0.29) is 12.0 Å². The predicted molar refractivity (Wildman–Crippen MR) is 70.0 cm³/mol. The van der Waals surface area contributed by atoms with Crippen molar-refractivity contribution in [2.24, 2.45) is 5.41 Å². The van der Waals surface area contributed by atoms with Crippen molar-refractivity contribution >= 4 is 21.4 Å². The van der Waals surface area contributed by atoms with Gasteiger partial charge in [-0.3, -0.25) is 10.1 Å². The Kier molecular flexibility index (Phi) is 3.42. The van der Waals surface area contributed by atoms with Crippen LogP contribution in [0.1, 0.15) is 19.8 Å². The standard InChI is InChI=1S/C11H14FN3O4S/c1-11(2-3-11)6-14-20(18,19)10-8(12)4-7(15(16)17)5-9(10)13/h4-5,14H,2-3,6,13H2,1H3. The summed E-state index contributed by atoms with van der Waals surface area (Å²) in [5, 5.41) is 10.6. The molecule has 2 rings (SSSR count). The topological polar surface area (TPSA) is 115 Å². The fraction of sp³-hybridized carbons (Fsp3) is 0.455. The summed E-state index contributed by atoms with van der Waals surface area (Å²) in [6.07, 6.45) is 1.79. The summed E-state index contributed by atoms with van der Waals surface area (Å²) in [6, 6.07) is 1.38. The first-order chi connectivity index (χ1) is 9.15. The van der Waals surface area contributed by atoms with Gasteiger partial charge in [0, 0.05) is 12.6 Å². The van der Waals surface area contributed by atoms with E-state index in [9.17, 15) is 22.9 Å². The Morgan fingerprint density at radius 2 is 2.10 bits per heavy atom. The van der Waals surface area contributed by atoms with E-state index in [1.165, 1.54) is 0 Å². The molecule has 0 aliphatic heterocycles. The number of rotatable bonds is 5. The predicted octanol–water partition coefficient (Wildman–Crippen LogP) is 1.39. The molecule has 1 aromatic carbocycles. The summed E-state index contributed by atoms with van der Waals surface area (Å²) in [7, 11) is -4.13. The second-order valence-corrected chi connectivity index (χ2v) is 6.94. The SMILES string of the molecule is CC1(CNS(=O)(=O)c2c(N)cc([N+](=O)[O-])cc2F)CC1. The largest absolute Gasteiger partial charge is 0.397 e. The molecule has 7 nitrogen and oxygen atoms in total. The first-order valence-electron chi connectivity index (χ1n) is 5.88. The molecule has 1 aromatic rings. The maximum Gasteiger partial charge on any atom is 0.274 e. The van der Waals surface area contributed by atoms with Crippen molar-refractivity contribution in [1.29, 1.82) is 0 Å². The molecule has 0 amide bonds. The molecule has 0 aromatic heterocycles. The molecule has 0 heterocycles. The fourth-order valence-corrected chi connectivity index (χ4v) is 3.09. The van der Waals surface area contributed by atoms with E-state index in [0.717, 1.165) is 18.9 Å². The number of non-ortho nitro benzene ring substituents is 1. The number of nitro benzene ring substituents is 1. The zero-order valence-electron chi connectivity index (χ0n) is 10.7. The Bertz CT molecular complexity index is 647. The van der Waals surface area contributed by atoms with E-state index in [1.54, 1.807) is 0 Å². The van der Waals surface area contributed by atoms with Gasteiger partial charge in [-0.2, -0.15) is 0 Å². The van der Waals surface area contributed by atoms with Crippen molar-refractivity contribution < 1.29 is 17.7 Å². The Balaban J connectivity index is 2.33. The first-order valence-corrected chi connectivity index (χ1v) is 7.36. The lowest BCUT2D eigenvalue weighted by Gasteiger charge is -2.12.